The van der Waals surface area contributed by atoms with Crippen LogP contribution in [0.25, 0.3) is 0 Å². The quantitative estimate of drug-likeness (QED) is 0.887. The van der Waals surface area contributed by atoms with Gasteiger partial charge in [-0.05, 0) is 48.9 Å². The zero-order valence-electron chi connectivity index (χ0n) is 10.5. The Bertz CT molecular complexity index is 534. The van der Waals surface area contributed by atoms with Crippen molar-refractivity contribution in [1.29, 1.82) is 0 Å². The molecule has 0 aliphatic rings. The van der Waals surface area contributed by atoms with E-state index in [1.807, 2.05) is 31.3 Å². The molecule has 0 radical (unpaired) electrons. The number of hydrogen-bond acceptors (Lipinski definition) is 1. The summed E-state index contributed by atoms with van der Waals surface area (Å²) in [6.07, 6.45) is 0.535. The van der Waals surface area contributed by atoms with Gasteiger partial charge >= 0.3 is 0 Å². The molecule has 0 amide bonds. The Morgan fingerprint density at radius 2 is 1.63 bits per heavy atom. The van der Waals surface area contributed by atoms with E-state index in [9.17, 15) is 8.78 Å². The second kappa shape index (κ2) is 6.26. The summed E-state index contributed by atoms with van der Waals surface area (Å²) < 4.78 is 27.3. The average Bonchev–Trinajstić information content (AvgIpc) is 2.36. The summed E-state index contributed by atoms with van der Waals surface area (Å²) in [4.78, 5) is 0. The molecular weight excluding hydrogens is 312 g/mol. The third kappa shape index (κ3) is 3.85. The largest absolute Gasteiger partial charge is 0.313 e. The van der Waals surface area contributed by atoms with Crippen LogP contribution in [0.4, 0.5) is 8.78 Å². The summed E-state index contributed by atoms with van der Waals surface area (Å²) in [7, 11) is 1.84. The van der Waals surface area contributed by atoms with Crippen LogP contribution in [0.15, 0.2) is 46.9 Å². The van der Waals surface area contributed by atoms with E-state index in [-0.39, 0.29) is 6.04 Å². The lowest BCUT2D eigenvalue weighted by Gasteiger charge is -2.17. The maximum atomic E-state index is 13.2. The van der Waals surface area contributed by atoms with Crippen molar-refractivity contribution in [2.45, 2.75) is 12.5 Å². The van der Waals surface area contributed by atoms with Gasteiger partial charge < -0.3 is 5.32 Å². The van der Waals surface area contributed by atoms with Gasteiger partial charge in [-0.25, -0.2) is 8.78 Å². The van der Waals surface area contributed by atoms with Crippen LogP contribution < -0.4 is 5.32 Å². The smallest absolute Gasteiger partial charge is 0.126 e. The van der Waals surface area contributed by atoms with Gasteiger partial charge in [0.25, 0.3) is 0 Å². The molecule has 0 heterocycles. The lowest BCUT2D eigenvalue weighted by molar-refractivity contribution is 0.562. The van der Waals surface area contributed by atoms with Gasteiger partial charge in [-0.3, -0.25) is 0 Å². The van der Waals surface area contributed by atoms with E-state index < -0.39 is 11.6 Å². The summed E-state index contributed by atoms with van der Waals surface area (Å²) in [6.45, 7) is 0. The summed E-state index contributed by atoms with van der Waals surface area (Å²) in [5, 5.41) is 3.17. The summed E-state index contributed by atoms with van der Waals surface area (Å²) in [6, 6.07) is 11.5. The molecule has 0 bridgehead atoms. The number of nitrogens with one attached hydrogen (secondary N) is 1. The zero-order chi connectivity index (χ0) is 13.8. The molecule has 0 spiro atoms. The first kappa shape index (κ1) is 14.2. The van der Waals surface area contributed by atoms with Gasteiger partial charge in [0.2, 0.25) is 0 Å². The lowest BCUT2D eigenvalue weighted by Crippen LogP contribution is -2.18. The predicted molar refractivity (Wildman–Crippen MR) is 76.0 cm³/mol. The van der Waals surface area contributed by atoms with E-state index in [1.54, 1.807) is 0 Å². The third-order valence-corrected chi connectivity index (χ3v) is 3.51. The SMILES string of the molecule is CNC(Cc1cc(F)cc(F)c1)c1ccc(Br)cc1. The van der Waals surface area contributed by atoms with Crippen molar-refractivity contribution in [3.05, 3.63) is 69.7 Å². The Labute approximate surface area is 119 Å². The van der Waals surface area contributed by atoms with Gasteiger partial charge in [0.1, 0.15) is 11.6 Å². The van der Waals surface area contributed by atoms with Crippen LogP contribution in [0, 0.1) is 11.6 Å². The Morgan fingerprint density at radius 1 is 1.05 bits per heavy atom. The molecule has 2 aromatic rings. The molecule has 1 unspecified atom stereocenters. The number of likely N-dealkylation sites (N-methyl/N-ethyl adjacent to an activating group) is 1. The first-order chi connectivity index (χ1) is 9.08. The first-order valence-corrected chi connectivity index (χ1v) is 6.75. The second-order valence-corrected chi connectivity index (χ2v) is 5.29. The first-order valence-electron chi connectivity index (χ1n) is 5.96. The molecule has 19 heavy (non-hydrogen) atoms. The monoisotopic (exact) mass is 325 g/mol. The Hall–Kier alpha value is -1.26. The van der Waals surface area contributed by atoms with E-state index in [4.69, 9.17) is 0 Å². The predicted octanol–water partition coefficient (Wildman–Crippen LogP) is 4.23. The molecule has 0 saturated heterocycles. The van der Waals surface area contributed by atoms with Gasteiger partial charge in [0, 0.05) is 16.6 Å². The Balaban J connectivity index is 2.21. The van der Waals surface area contributed by atoms with Crippen molar-refractivity contribution in [2.75, 3.05) is 7.05 Å². The molecule has 2 rings (SSSR count). The highest BCUT2D eigenvalue weighted by Crippen LogP contribution is 2.21. The highest BCUT2D eigenvalue weighted by Gasteiger charge is 2.11. The molecule has 1 N–H and O–H groups in total. The van der Waals surface area contributed by atoms with E-state index >= 15 is 0 Å². The van der Waals surface area contributed by atoms with E-state index in [2.05, 4.69) is 21.2 Å². The molecule has 0 fully saturated rings. The lowest BCUT2D eigenvalue weighted by atomic mass is 9.99. The molecule has 4 heteroatoms. The fraction of sp³-hybridized carbons (Fsp3) is 0.200. The second-order valence-electron chi connectivity index (χ2n) is 4.37. The number of benzene rings is 2. The number of hydrogen-bond donors (Lipinski definition) is 1. The fourth-order valence-corrected chi connectivity index (χ4v) is 2.31. The number of halogens is 3. The maximum Gasteiger partial charge on any atom is 0.126 e. The van der Waals surface area contributed by atoms with Crippen LogP contribution in [0.2, 0.25) is 0 Å². The highest BCUT2D eigenvalue weighted by atomic mass is 79.9. The van der Waals surface area contributed by atoms with Crippen molar-refractivity contribution in [2.24, 2.45) is 0 Å². The number of rotatable bonds is 4. The third-order valence-electron chi connectivity index (χ3n) is 2.98. The molecular formula is C15H14BrF2N. The van der Waals surface area contributed by atoms with Crippen molar-refractivity contribution in [3.63, 3.8) is 0 Å². The average molecular weight is 326 g/mol. The Kier molecular flexibility index (Phi) is 4.66. The standard InChI is InChI=1S/C15H14BrF2N/c1-19-15(11-2-4-12(16)5-3-11)8-10-6-13(17)9-14(18)7-10/h2-7,9,15,19H,8H2,1H3. The van der Waals surface area contributed by atoms with Crippen molar-refractivity contribution in [1.82, 2.24) is 5.32 Å². The highest BCUT2D eigenvalue weighted by molar-refractivity contribution is 9.10. The maximum absolute atomic E-state index is 13.2. The molecule has 1 atom stereocenters. The van der Waals surface area contributed by atoms with E-state index in [0.29, 0.717) is 12.0 Å². The zero-order valence-corrected chi connectivity index (χ0v) is 12.0. The van der Waals surface area contributed by atoms with Crippen LogP contribution in [0.1, 0.15) is 17.2 Å². The van der Waals surface area contributed by atoms with Gasteiger partial charge in [-0.2, -0.15) is 0 Å². The minimum atomic E-state index is -0.541. The van der Waals surface area contributed by atoms with Crippen LogP contribution in [0.3, 0.4) is 0 Å². The fourth-order valence-electron chi connectivity index (χ4n) is 2.05. The van der Waals surface area contributed by atoms with Crippen LogP contribution in [-0.2, 0) is 6.42 Å². The van der Waals surface area contributed by atoms with E-state index in [1.165, 1.54) is 12.1 Å². The molecule has 0 saturated carbocycles. The van der Waals surface area contributed by atoms with Gasteiger partial charge in [-0.15, -0.1) is 0 Å². The molecule has 0 aromatic heterocycles. The van der Waals surface area contributed by atoms with Gasteiger partial charge in [0.05, 0.1) is 0 Å². The minimum Gasteiger partial charge on any atom is -0.313 e. The van der Waals surface area contributed by atoms with Gasteiger partial charge in [-0.1, -0.05) is 28.1 Å². The van der Waals surface area contributed by atoms with Crippen LogP contribution in [-0.4, -0.2) is 7.05 Å². The Morgan fingerprint density at radius 3 is 2.16 bits per heavy atom. The summed E-state index contributed by atoms with van der Waals surface area (Å²) >= 11 is 3.38. The molecule has 1 nitrogen and oxygen atoms in total. The van der Waals surface area contributed by atoms with Crippen molar-refractivity contribution < 1.29 is 8.78 Å². The molecule has 0 aliphatic heterocycles. The molecule has 100 valence electrons. The van der Waals surface area contributed by atoms with E-state index in [0.717, 1.165) is 16.1 Å². The van der Waals surface area contributed by atoms with Crippen LogP contribution in [0.5, 0.6) is 0 Å². The summed E-state index contributed by atoms with van der Waals surface area (Å²) in [5.41, 5.74) is 1.72. The minimum absolute atomic E-state index is 0.0225. The topological polar surface area (TPSA) is 12.0 Å². The normalized spacial score (nSPS) is 12.4. The van der Waals surface area contributed by atoms with Gasteiger partial charge in [0.15, 0.2) is 0 Å². The molecule has 0 aliphatic carbocycles. The van der Waals surface area contributed by atoms with Crippen molar-refractivity contribution >= 4 is 15.9 Å². The van der Waals surface area contributed by atoms with Crippen molar-refractivity contribution in [3.8, 4) is 0 Å². The van der Waals surface area contributed by atoms with Crippen LogP contribution >= 0.6 is 15.9 Å². The molecule has 2 aromatic carbocycles. The summed E-state index contributed by atoms with van der Waals surface area (Å²) in [5.74, 6) is -1.08.